The Labute approximate surface area is 181 Å². The molecule has 1 aliphatic heterocycles. The molecule has 0 atom stereocenters. The van der Waals surface area contributed by atoms with E-state index in [1.807, 2.05) is 30.3 Å². The third-order valence-corrected chi connectivity index (χ3v) is 6.66. The quantitative estimate of drug-likeness (QED) is 0.553. The van der Waals surface area contributed by atoms with E-state index in [2.05, 4.69) is 25.5 Å². The van der Waals surface area contributed by atoms with Gasteiger partial charge in [-0.25, -0.2) is 4.98 Å². The minimum atomic E-state index is -0.114. The second-order valence-electron chi connectivity index (χ2n) is 8.83. The molecule has 1 aromatic carbocycles. The Balaban J connectivity index is 1.26. The highest BCUT2D eigenvalue weighted by molar-refractivity contribution is 6.10. The number of H-pyrrole nitrogens is 1. The van der Waals surface area contributed by atoms with Gasteiger partial charge in [0.05, 0.1) is 6.54 Å². The average molecular weight is 420 g/mol. The van der Waals surface area contributed by atoms with Gasteiger partial charge >= 0.3 is 0 Å². The van der Waals surface area contributed by atoms with Gasteiger partial charge in [0.25, 0.3) is 5.56 Å². The van der Waals surface area contributed by atoms with E-state index < -0.39 is 0 Å². The van der Waals surface area contributed by atoms with Crippen molar-refractivity contribution in [3.63, 3.8) is 0 Å². The molecule has 1 aliphatic carbocycles. The zero-order valence-electron chi connectivity index (χ0n) is 17.7. The van der Waals surface area contributed by atoms with Crippen molar-refractivity contribution in [1.29, 1.82) is 0 Å². The van der Waals surface area contributed by atoms with Crippen molar-refractivity contribution in [2.24, 2.45) is 0 Å². The van der Waals surface area contributed by atoms with Crippen LogP contribution in [0.25, 0.3) is 21.8 Å². The zero-order chi connectivity index (χ0) is 21.2. The number of rotatable bonds is 5. The zero-order valence-corrected chi connectivity index (χ0v) is 17.7. The van der Waals surface area contributed by atoms with Crippen LogP contribution in [-0.2, 0) is 4.79 Å². The number of aromatic amines is 1. The number of pyridine rings is 2. The van der Waals surface area contributed by atoms with Crippen LogP contribution in [0, 0.1) is 0 Å². The maximum Gasteiger partial charge on any atom is 0.257 e. The molecule has 7 nitrogen and oxygen atoms in total. The number of nitrogens with one attached hydrogen (secondary N) is 3. The molecule has 0 radical (unpaired) electrons. The Morgan fingerprint density at radius 3 is 2.55 bits per heavy atom. The highest BCUT2D eigenvalue weighted by atomic mass is 16.2. The third kappa shape index (κ3) is 4.28. The summed E-state index contributed by atoms with van der Waals surface area (Å²) in [7, 11) is 0. The lowest BCUT2D eigenvalue weighted by Gasteiger charge is -2.32. The summed E-state index contributed by atoms with van der Waals surface area (Å²) in [6.07, 6.45) is 8.39. The van der Waals surface area contributed by atoms with Crippen molar-refractivity contribution in [3.8, 4) is 0 Å². The molecule has 5 rings (SSSR count). The molecule has 0 spiro atoms. The maximum atomic E-state index is 12.4. The van der Waals surface area contributed by atoms with Gasteiger partial charge in [-0.15, -0.1) is 0 Å². The molecular weight excluding hydrogens is 390 g/mol. The van der Waals surface area contributed by atoms with Crippen LogP contribution in [0.1, 0.15) is 38.5 Å². The number of fused-ring (bicyclic) bond motifs is 3. The van der Waals surface area contributed by atoms with Crippen LogP contribution in [0.5, 0.6) is 0 Å². The summed E-state index contributed by atoms with van der Waals surface area (Å²) in [5.74, 6) is 0.161. The van der Waals surface area contributed by atoms with E-state index in [4.69, 9.17) is 0 Å². The first-order valence-corrected chi connectivity index (χ1v) is 11.4. The van der Waals surface area contributed by atoms with E-state index in [-0.39, 0.29) is 11.5 Å². The van der Waals surface area contributed by atoms with Crippen molar-refractivity contribution in [3.05, 3.63) is 46.9 Å². The molecule has 2 aliphatic rings. The van der Waals surface area contributed by atoms with Gasteiger partial charge in [0, 0.05) is 53.2 Å². The van der Waals surface area contributed by atoms with Crippen LogP contribution in [-0.4, -0.2) is 52.5 Å². The van der Waals surface area contributed by atoms with Crippen LogP contribution in [0.2, 0.25) is 0 Å². The van der Waals surface area contributed by atoms with Crippen LogP contribution in [0.15, 0.2) is 41.3 Å². The van der Waals surface area contributed by atoms with Gasteiger partial charge in [-0.2, -0.15) is 0 Å². The molecule has 3 N–H and O–H groups in total. The number of hydrogen-bond acceptors (Lipinski definition) is 5. The smallest absolute Gasteiger partial charge is 0.257 e. The number of carbonyl (C=O) groups is 1. The fourth-order valence-electron chi connectivity index (χ4n) is 5.03. The van der Waals surface area contributed by atoms with Gasteiger partial charge in [0.2, 0.25) is 5.91 Å². The van der Waals surface area contributed by atoms with Crippen molar-refractivity contribution in [1.82, 2.24) is 20.2 Å². The van der Waals surface area contributed by atoms with Gasteiger partial charge in [-0.1, -0.05) is 31.0 Å². The van der Waals surface area contributed by atoms with Crippen molar-refractivity contribution in [2.75, 3.05) is 25.0 Å². The summed E-state index contributed by atoms with van der Waals surface area (Å²) in [6, 6.07) is 10.3. The number of likely N-dealkylation sites (tertiary alicyclic amines) is 1. The second-order valence-corrected chi connectivity index (χ2v) is 8.83. The molecule has 162 valence electrons. The number of anilines is 1. The standard InChI is InChI=1S/C24H29N5O2/c30-21(27-16-5-1-2-6-16)15-29-13-10-17(11-14-29)26-20-9-12-25-23-22(20)18-7-3-4-8-19(18)24(31)28-23/h3-4,7-9,12,16-17H,1-2,5-6,10-11,13-15H2,(H,27,30)(H2,25,26,28,31). The van der Waals surface area contributed by atoms with Crippen LogP contribution in [0.3, 0.4) is 0 Å². The summed E-state index contributed by atoms with van der Waals surface area (Å²) < 4.78 is 0. The number of aromatic nitrogens is 2. The monoisotopic (exact) mass is 419 g/mol. The number of piperidine rings is 1. The minimum Gasteiger partial charge on any atom is -0.382 e. The Bertz CT molecular complexity index is 1140. The Morgan fingerprint density at radius 2 is 1.77 bits per heavy atom. The first-order valence-electron chi connectivity index (χ1n) is 11.4. The minimum absolute atomic E-state index is 0.114. The molecule has 3 heterocycles. The summed E-state index contributed by atoms with van der Waals surface area (Å²) in [5, 5.41) is 9.41. The molecule has 2 fully saturated rings. The lowest BCUT2D eigenvalue weighted by Crippen LogP contribution is -2.45. The Hall–Kier alpha value is -2.93. The maximum absolute atomic E-state index is 12.4. The number of benzene rings is 1. The molecule has 2 aromatic heterocycles. The highest BCUT2D eigenvalue weighted by Gasteiger charge is 2.23. The van der Waals surface area contributed by atoms with Gasteiger partial charge in [-0.3, -0.25) is 14.5 Å². The number of nitrogens with zero attached hydrogens (tertiary/aromatic N) is 2. The summed E-state index contributed by atoms with van der Waals surface area (Å²) in [4.78, 5) is 34.3. The number of carbonyl (C=O) groups excluding carboxylic acids is 1. The van der Waals surface area contributed by atoms with E-state index in [0.717, 1.165) is 55.2 Å². The Kier molecular flexibility index (Phi) is 5.59. The number of hydrogen-bond donors (Lipinski definition) is 3. The predicted octanol–water partition coefficient (Wildman–Crippen LogP) is 3.01. The topological polar surface area (TPSA) is 90.1 Å². The Morgan fingerprint density at radius 1 is 1.03 bits per heavy atom. The average Bonchev–Trinajstić information content (AvgIpc) is 3.28. The van der Waals surface area contributed by atoms with Gasteiger partial charge in [0.15, 0.2) is 0 Å². The molecule has 3 aromatic rings. The highest BCUT2D eigenvalue weighted by Crippen LogP contribution is 2.28. The normalized spacial score (nSPS) is 18.6. The SMILES string of the molecule is O=C(CN1CCC(Nc2ccnc3[nH]c(=O)c4ccccc4c23)CC1)NC1CCCC1. The molecule has 31 heavy (non-hydrogen) atoms. The summed E-state index contributed by atoms with van der Waals surface area (Å²) in [5.41, 5.74) is 1.49. The van der Waals surface area contributed by atoms with E-state index in [0.29, 0.717) is 29.7 Å². The fraction of sp³-hybridized carbons (Fsp3) is 0.458. The molecule has 1 saturated carbocycles. The number of amides is 1. The molecule has 0 bridgehead atoms. The molecular formula is C24H29N5O2. The predicted molar refractivity (Wildman–Crippen MR) is 123 cm³/mol. The van der Waals surface area contributed by atoms with E-state index in [1.54, 1.807) is 6.20 Å². The van der Waals surface area contributed by atoms with E-state index in [1.165, 1.54) is 12.8 Å². The second kappa shape index (κ2) is 8.67. The lowest BCUT2D eigenvalue weighted by atomic mass is 10.0. The molecule has 1 saturated heterocycles. The van der Waals surface area contributed by atoms with Crippen LogP contribution in [0.4, 0.5) is 5.69 Å². The van der Waals surface area contributed by atoms with Crippen LogP contribution >= 0.6 is 0 Å². The molecule has 0 unspecified atom stereocenters. The van der Waals surface area contributed by atoms with E-state index in [9.17, 15) is 9.59 Å². The lowest BCUT2D eigenvalue weighted by molar-refractivity contribution is -0.123. The molecule has 7 heteroatoms. The van der Waals surface area contributed by atoms with Crippen molar-refractivity contribution in [2.45, 2.75) is 50.6 Å². The first kappa shape index (κ1) is 20.0. The first-order chi connectivity index (χ1) is 15.2. The van der Waals surface area contributed by atoms with E-state index >= 15 is 0 Å². The third-order valence-electron chi connectivity index (χ3n) is 6.66. The van der Waals surface area contributed by atoms with Crippen molar-refractivity contribution < 1.29 is 4.79 Å². The summed E-state index contributed by atoms with van der Waals surface area (Å²) in [6.45, 7) is 2.29. The largest absolute Gasteiger partial charge is 0.382 e. The van der Waals surface area contributed by atoms with Crippen LogP contribution < -0.4 is 16.2 Å². The van der Waals surface area contributed by atoms with Gasteiger partial charge < -0.3 is 15.6 Å². The van der Waals surface area contributed by atoms with Gasteiger partial charge in [-0.05, 0) is 37.8 Å². The fourth-order valence-corrected chi connectivity index (χ4v) is 5.03. The summed E-state index contributed by atoms with van der Waals surface area (Å²) >= 11 is 0. The van der Waals surface area contributed by atoms with Gasteiger partial charge in [0.1, 0.15) is 5.65 Å². The van der Waals surface area contributed by atoms with Crippen molar-refractivity contribution >= 4 is 33.4 Å². The molecule has 1 amide bonds.